The summed E-state index contributed by atoms with van der Waals surface area (Å²) >= 11 is 0. The third-order valence-electron chi connectivity index (χ3n) is 3.26. The predicted octanol–water partition coefficient (Wildman–Crippen LogP) is 4.09. The Morgan fingerprint density at radius 1 is 1.13 bits per heavy atom. The van der Waals surface area contributed by atoms with E-state index in [4.69, 9.17) is 4.74 Å². The van der Waals surface area contributed by atoms with Crippen LogP contribution in [0.25, 0.3) is 6.08 Å². The van der Waals surface area contributed by atoms with E-state index < -0.39 is 0 Å². The Morgan fingerprint density at radius 3 is 2.39 bits per heavy atom. The lowest BCUT2D eigenvalue weighted by atomic mass is 10.1. The molecule has 4 heteroatoms. The molecular weight excluding hydrogens is 292 g/mol. The van der Waals surface area contributed by atoms with E-state index in [1.54, 1.807) is 37.3 Å². The highest BCUT2D eigenvalue weighted by Gasteiger charge is 2.09. The molecule has 0 saturated carbocycles. The molecular formula is C19H20O4. The Hall–Kier alpha value is -2.75. The quantitative estimate of drug-likeness (QED) is 0.644. The van der Waals surface area contributed by atoms with Crippen LogP contribution in [0, 0.1) is 6.92 Å². The van der Waals surface area contributed by atoms with Crippen LogP contribution in [0.1, 0.15) is 35.3 Å². The molecule has 0 amide bonds. The van der Waals surface area contributed by atoms with Crippen molar-refractivity contribution in [3.8, 4) is 17.2 Å². The molecule has 0 bridgehead atoms. The van der Waals surface area contributed by atoms with Gasteiger partial charge in [0, 0.05) is 17.2 Å². The average molecular weight is 312 g/mol. The minimum atomic E-state index is -0.175. The number of ether oxygens (including phenoxy) is 1. The summed E-state index contributed by atoms with van der Waals surface area (Å²) < 4.78 is 5.68. The number of aromatic hydroxyl groups is 2. The van der Waals surface area contributed by atoms with Crippen LogP contribution >= 0.6 is 0 Å². The number of ketones is 1. The highest BCUT2D eigenvalue weighted by Crippen LogP contribution is 2.29. The van der Waals surface area contributed by atoms with E-state index in [2.05, 4.69) is 0 Å². The summed E-state index contributed by atoms with van der Waals surface area (Å²) in [6, 6.07) is 9.40. The SMILES string of the molecule is Cc1cc(C=CC(=O)c2ccc(O)cc2)c(OC(C)C)cc1O. The van der Waals surface area contributed by atoms with Crippen LogP contribution in [0.3, 0.4) is 0 Å². The zero-order valence-corrected chi connectivity index (χ0v) is 13.4. The van der Waals surface area contributed by atoms with E-state index in [0.29, 0.717) is 16.9 Å². The number of hydrogen-bond acceptors (Lipinski definition) is 4. The number of phenols is 2. The van der Waals surface area contributed by atoms with Gasteiger partial charge in [0.25, 0.3) is 0 Å². The molecule has 2 aromatic carbocycles. The highest BCUT2D eigenvalue weighted by atomic mass is 16.5. The zero-order chi connectivity index (χ0) is 17.0. The molecule has 0 radical (unpaired) electrons. The van der Waals surface area contributed by atoms with Crippen molar-refractivity contribution in [1.82, 2.24) is 0 Å². The number of carbonyl (C=O) groups excluding carboxylic acids is 1. The lowest BCUT2D eigenvalue weighted by Crippen LogP contribution is -2.06. The number of hydrogen-bond donors (Lipinski definition) is 2. The smallest absolute Gasteiger partial charge is 0.185 e. The number of aryl methyl sites for hydroxylation is 1. The normalized spacial score (nSPS) is 11.1. The van der Waals surface area contributed by atoms with Crippen LogP contribution in [0.15, 0.2) is 42.5 Å². The molecule has 0 aromatic heterocycles. The Kier molecular flexibility index (Phi) is 5.06. The van der Waals surface area contributed by atoms with Gasteiger partial charge in [-0.1, -0.05) is 0 Å². The number of carbonyl (C=O) groups is 1. The van der Waals surface area contributed by atoms with Crippen molar-refractivity contribution in [1.29, 1.82) is 0 Å². The summed E-state index contributed by atoms with van der Waals surface area (Å²) in [5.41, 5.74) is 1.92. The van der Waals surface area contributed by atoms with Gasteiger partial charge in [-0.05, 0) is 68.8 Å². The average Bonchev–Trinajstić information content (AvgIpc) is 2.49. The summed E-state index contributed by atoms with van der Waals surface area (Å²) in [7, 11) is 0. The molecule has 2 rings (SSSR count). The van der Waals surface area contributed by atoms with Crippen LogP contribution in [0.4, 0.5) is 0 Å². The lowest BCUT2D eigenvalue weighted by Gasteiger charge is -2.14. The second-order valence-electron chi connectivity index (χ2n) is 5.59. The van der Waals surface area contributed by atoms with Crippen LogP contribution in [0.2, 0.25) is 0 Å². The molecule has 0 spiro atoms. The maximum Gasteiger partial charge on any atom is 0.185 e. The minimum Gasteiger partial charge on any atom is -0.508 e. The number of phenolic OH excluding ortho intramolecular Hbond substituents is 2. The summed E-state index contributed by atoms with van der Waals surface area (Å²) in [6.07, 6.45) is 3.07. The molecule has 0 unspecified atom stereocenters. The van der Waals surface area contributed by atoms with Crippen molar-refractivity contribution in [2.75, 3.05) is 0 Å². The number of allylic oxidation sites excluding steroid dienone is 1. The fraction of sp³-hybridized carbons (Fsp3) is 0.211. The molecule has 0 aliphatic carbocycles. The van der Waals surface area contributed by atoms with Crippen molar-refractivity contribution < 1.29 is 19.7 Å². The second-order valence-corrected chi connectivity index (χ2v) is 5.59. The van der Waals surface area contributed by atoms with Crippen LogP contribution < -0.4 is 4.74 Å². The van der Waals surface area contributed by atoms with Crippen molar-refractivity contribution in [3.63, 3.8) is 0 Å². The zero-order valence-electron chi connectivity index (χ0n) is 13.4. The Morgan fingerprint density at radius 2 is 1.78 bits per heavy atom. The van der Waals surface area contributed by atoms with Crippen molar-refractivity contribution in [2.45, 2.75) is 26.9 Å². The third kappa shape index (κ3) is 4.36. The molecule has 23 heavy (non-hydrogen) atoms. The van der Waals surface area contributed by atoms with Gasteiger partial charge in [-0.25, -0.2) is 0 Å². The van der Waals surface area contributed by atoms with Gasteiger partial charge in [0.1, 0.15) is 17.2 Å². The summed E-state index contributed by atoms with van der Waals surface area (Å²) in [5, 5.41) is 19.1. The van der Waals surface area contributed by atoms with Crippen molar-refractivity contribution in [3.05, 3.63) is 59.2 Å². The molecule has 2 aromatic rings. The fourth-order valence-electron chi connectivity index (χ4n) is 2.07. The first-order chi connectivity index (χ1) is 10.9. The fourth-order valence-corrected chi connectivity index (χ4v) is 2.07. The van der Waals surface area contributed by atoms with Gasteiger partial charge < -0.3 is 14.9 Å². The van der Waals surface area contributed by atoms with Gasteiger partial charge in [0.05, 0.1) is 6.10 Å². The standard InChI is InChI=1S/C19H20O4/c1-12(2)23-19-11-18(22)13(3)10-15(19)6-9-17(21)14-4-7-16(20)8-5-14/h4-12,20,22H,1-3H3. The topological polar surface area (TPSA) is 66.8 Å². The van der Waals surface area contributed by atoms with Gasteiger partial charge in [0.15, 0.2) is 5.78 Å². The Labute approximate surface area is 135 Å². The molecule has 0 saturated heterocycles. The molecule has 0 aliphatic heterocycles. The first-order valence-electron chi connectivity index (χ1n) is 7.38. The Balaban J connectivity index is 2.28. The van der Waals surface area contributed by atoms with Gasteiger partial charge in [-0.15, -0.1) is 0 Å². The molecule has 0 fully saturated rings. The summed E-state index contributed by atoms with van der Waals surface area (Å²) in [5.74, 6) is 0.624. The van der Waals surface area contributed by atoms with Gasteiger partial charge >= 0.3 is 0 Å². The van der Waals surface area contributed by atoms with E-state index in [-0.39, 0.29) is 23.4 Å². The molecule has 2 N–H and O–H groups in total. The first kappa shape index (κ1) is 16.6. The van der Waals surface area contributed by atoms with Crippen LogP contribution in [-0.2, 0) is 0 Å². The molecule has 0 heterocycles. The van der Waals surface area contributed by atoms with E-state index in [1.165, 1.54) is 18.2 Å². The van der Waals surface area contributed by atoms with Crippen molar-refractivity contribution in [2.24, 2.45) is 0 Å². The van der Waals surface area contributed by atoms with Crippen LogP contribution in [0.5, 0.6) is 17.2 Å². The third-order valence-corrected chi connectivity index (χ3v) is 3.26. The summed E-state index contributed by atoms with van der Waals surface area (Å²) in [4.78, 5) is 12.2. The summed E-state index contributed by atoms with van der Waals surface area (Å²) in [6.45, 7) is 5.58. The molecule has 0 atom stereocenters. The van der Waals surface area contributed by atoms with Gasteiger partial charge in [0.2, 0.25) is 0 Å². The van der Waals surface area contributed by atoms with Crippen LogP contribution in [-0.4, -0.2) is 22.1 Å². The maximum absolute atomic E-state index is 12.2. The van der Waals surface area contributed by atoms with E-state index in [0.717, 1.165) is 5.56 Å². The monoisotopic (exact) mass is 312 g/mol. The van der Waals surface area contributed by atoms with Crippen molar-refractivity contribution >= 4 is 11.9 Å². The second kappa shape index (κ2) is 7.01. The molecule has 0 aliphatic rings. The van der Waals surface area contributed by atoms with E-state index >= 15 is 0 Å². The number of rotatable bonds is 5. The van der Waals surface area contributed by atoms with Gasteiger partial charge in [-0.2, -0.15) is 0 Å². The lowest BCUT2D eigenvalue weighted by molar-refractivity contribution is 0.104. The minimum absolute atomic E-state index is 0.0444. The molecule has 120 valence electrons. The van der Waals surface area contributed by atoms with E-state index in [9.17, 15) is 15.0 Å². The highest BCUT2D eigenvalue weighted by molar-refractivity contribution is 6.07. The maximum atomic E-state index is 12.2. The predicted molar refractivity (Wildman–Crippen MR) is 90.1 cm³/mol. The van der Waals surface area contributed by atoms with Gasteiger partial charge in [-0.3, -0.25) is 4.79 Å². The molecule has 4 nitrogen and oxygen atoms in total. The first-order valence-corrected chi connectivity index (χ1v) is 7.38. The Bertz CT molecular complexity index is 728. The number of benzene rings is 2. The van der Waals surface area contributed by atoms with E-state index in [1.807, 2.05) is 13.8 Å². The largest absolute Gasteiger partial charge is 0.508 e.